The van der Waals surface area contributed by atoms with Crippen LogP contribution in [0.3, 0.4) is 0 Å². The minimum absolute atomic E-state index is 0.118. The van der Waals surface area contributed by atoms with Gasteiger partial charge in [0.2, 0.25) is 11.7 Å². The van der Waals surface area contributed by atoms with Crippen LogP contribution in [0.4, 0.5) is 10.1 Å². The van der Waals surface area contributed by atoms with Crippen LogP contribution >= 0.6 is 0 Å². The summed E-state index contributed by atoms with van der Waals surface area (Å²) >= 11 is 0. The van der Waals surface area contributed by atoms with Gasteiger partial charge >= 0.3 is 5.63 Å². The zero-order valence-corrected chi connectivity index (χ0v) is 14.1. The molecule has 3 rings (SSSR count). The maximum atomic E-state index is 13.6. The first-order valence-corrected chi connectivity index (χ1v) is 7.81. The number of aryl methyl sites for hydroxylation is 2. The molecule has 0 bridgehead atoms. The summed E-state index contributed by atoms with van der Waals surface area (Å²) in [7, 11) is 0. The Hall–Kier alpha value is -3.35. The molecule has 1 aromatic heterocycles. The van der Waals surface area contributed by atoms with Gasteiger partial charge in [0, 0.05) is 11.1 Å². The number of hydrogen-bond acceptors (Lipinski definition) is 5. The fourth-order valence-electron chi connectivity index (χ4n) is 2.67. The fraction of sp³-hybridized carbons (Fsp3) is 0.158. The topological polar surface area (TPSA) is 99.8 Å². The van der Waals surface area contributed by atoms with Crippen molar-refractivity contribution < 1.29 is 23.8 Å². The largest absolute Gasteiger partial charge is 0.504 e. The molecule has 0 saturated carbocycles. The van der Waals surface area contributed by atoms with Crippen LogP contribution in [0.1, 0.15) is 16.7 Å². The molecule has 1 heterocycles. The van der Waals surface area contributed by atoms with Gasteiger partial charge in [-0.3, -0.25) is 4.79 Å². The highest BCUT2D eigenvalue weighted by atomic mass is 19.1. The number of phenolic OH excluding ortho intramolecular Hbond substituents is 2. The number of phenols is 2. The fourth-order valence-corrected chi connectivity index (χ4v) is 2.67. The number of benzene rings is 2. The number of halogens is 1. The highest BCUT2D eigenvalue weighted by Gasteiger charge is 2.18. The van der Waals surface area contributed by atoms with E-state index in [2.05, 4.69) is 5.32 Å². The molecule has 3 aromatic rings. The number of nitrogens with one attached hydrogen (secondary N) is 1. The van der Waals surface area contributed by atoms with Crippen LogP contribution in [-0.2, 0) is 11.2 Å². The zero-order valence-electron chi connectivity index (χ0n) is 14.1. The molecule has 1 amide bonds. The third-order valence-corrected chi connectivity index (χ3v) is 4.20. The molecule has 0 fully saturated rings. The van der Waals surface area contributed by atoms with Gasteiger partial charge in [0.05, 0.1) is 12.0 Å². The Balaban J connectivity index is 1.93. The molecule has 0 saturated heterocycles. The predicted octanol–water partition coefficient (Wildman–Crippen LogP) is 3.14. The number of hydrogen-bond donors (Lipinski definition) is 3. The van der Waals surface area contributed by atoms with Gasteiger partial charge in [-0.15, -0.1) is 0 Å². The van der Waals surface area contributed by atoms with E-state index >= 15 is 0 Å². The molecule has 0 atom stereocenters. The Morgan fingerprint density at radius 3 is 2.62 bits per heavy atom. The van der Waals surface area contributed by atoms with Crippen molar-refractivity contribution in [1.82, 2.24) is 0 Å². The summed E-state index contributed by atoms with van der Waals surface area (Å²) in [5, 5.41) is 22.3. The molecule has 2 aromatic carbocycles. The van der Waals surface area contributed by atoms with Crippen LogP contribution < -0.4 is 10.9 Å². The summed E-state index contributed by atoms with van der Waals surface area (Å²) in [5.41, 5.74) is 0.378. The normalized spacial score (nSPS) is 10.9. The number of fused-ring (bicyclic) bond motifs is 1. The molecule has 0 unspecified atom stereocenters. The van der Waals surface area contributed by atoms with Crippen LogP contribution in [0.15, 0.2) is 39.5 Å². The number of amides is 1. The van der Waals surface area contributed by atoms with E-state index in [0.29, 0.717) is 16.5 Å². The molecule has 134 valence electrons. The van der Waals surface area contributed by atoms with E-state index in [1.165, 1.54) is 24.3 Å². The van der Waals surface area contributed by atoms with Crippen molar-refractivity contribution >= 4 is 22.6 Å². The smallest absolute Gasteiger partial charge is 0.340 e. The van der Waals surface area contributed by atoms with Gasteiger partial charge in [-0.1, -0.05) is 6.07 Å². The molecule has 0 aliphatic heterocycles. The molecule has 7 heteroatoms. The number of carbonyl (C=O) groups is 1. The Morgan fingerprint density at radius 2 is 1.92 bits per heavy atom. The summed E-state index contributed by atoms with van der Waals surface area (Å²) in [6.07, 6.45) is -0.277. The molecule has 3 N–H and O–H groups in total. The van der Waals surface area contributed by atoms with Gasteiger partial charge in [-0.2, -0.15) is 0 Å². The second-order valence-corrected chi connectivity index (χ2v) is 5.99. The zero-order chi connectivity index (χ0) is 19.0. The third kappa shape index (κ3) is 3.11. The molecular formula is C19H16FNO5. The number of aromatic hydroxyl groups is 2. The summed E-state index contributed by atoms with van der Waals surface area (Å²) in [6.45, 7) is 3.22. The van der Waals surface area contributed by atoms with E-state index in [9.17, 15) is 24.2 Å². The first-order valence-electron chi connectivity index (χ1n) is 7.81. The number of carbonyl (C=O) groups excluding carboxylic acids is 1. The van der Waals surface area contributed by atoms with E-state index in [1.54, 1.807) is 19.9 Å². The van der Waals surface area contributed by atoms with E-state index in [-0.39, 0.29) is 23.3 Å². The average Bonchev–Trinajstić information content (AvgIpc) is 2.58. The van der Waals surface area contributed by atoms with Crippen LogP contribution in [-0.4, -0.2) is 16.1 Å². The summed E-state index contributed by atoms with van der Waals surface area (Å²) in [5.74, 6) is -1.90. The highest BCUT2D eigenvalue weighted by Crippen LogP contribution is 2.34. The average molecular weight is 357 g/mol. The van der Waals surface area contributed by atoms with Crippen molar-refractivity contribution in [3.8, 4) is 11.5 Å². The molecule has 0 radical (unpaired) electrons. The minimum atomic E-state index is -0.791. The lowest BCUT2D eigenvalue weighted by molar-refractivity contribution is -0.115. The van der Waals surface area contributed by atoms with Crippen LogP contribution in [0.2, 0.25) is 0 Å². The predicted molar refractivity (Wildman–Crippen MR) is 94.0 cm³/mol. The summed E-state index contributed by atoms with van der Waals surface area (Å²) < 4.78 is 18.6. The summed E-state index contributed by atoms with van der Waals surface area (Å²) in [4.78, 5) is 24.4. The Kier molecular flexibility index (Phi) is 4.38. The van der Waals surface area contributed by atoms with Crippen LogP contribution in [0, 0.1) is 19.7 Å². The van der Waals surface area contributed by atoms with Gasteiger partial charge in [0.25, 0.3) is 0 Å². The molecule has 0 spiro atoms. The molecule has 6 nitrogen and oxygen atoms in total. The lowest BCUT2D eigenvalue weighted by Crippen LogP contribution is -2.20. The standard InChI is InChI=1S/C19H16FNO5/c1-9-3-4-11(7-14(9)20)21-16(23)8-13-10(2)12-5-6-15(22)17(24)18(12)26-19(13)25/h3-7,22,24H,8H2,1-2H3,(H,21,23). The minimum Gasteiger partial charge on any atom is -0.504 e. The third-order valence-electron chi connectivity index (χ3n) is 4.20. The maximum absolute atomic E-state index is 13.6. The van der Waals surface area contributed by atoms with E-state index in [4.69, 9.17) is 4.42 Å². The quantitative estimate of drug-likeness (QED) is 0.494. The first-order chi connectivity index (χ1) is 12.3. The Labute approximate surface area is 147 Å². The van der Waals surface area contributed by atoms with Gasteiger partial charge in [-0.25, -0.2) is 9.18 Å². The second kappa shape index (κ2) is 6.51. The lowest BCUT2D eigenvalue weighted by Gasteiger charge is -2.10. The molecular weight excluding hydrogens is 341 g/mol. The number of rotatable bonds is 3. The van der Waals surface area contributed by atoms with Crippen molar-refractivity contribution in [1.29, 1.82) is 0 Å². The van der Waals surface area contributed by atoms with E-state index in [0.717, 1.165) is 0 Å². The van der Waals surface area contributed by atoms with Crippen LogP contribution in [0.5, 0.6) is 11.5 Å². The Morgan fingerprint density at radius 1 is 1.19 bits per heavy atom. The van der Waals surface area contributed by atoms with Gasteiger partial charge in [-0.05, 0) is 49.2 Å². The summed E-state index contributed by atoms with van der Waals surface area (Å²) in [6, 6.07) is 7.05. The van der Waals surface area contributed by atoms with Gasteiger partial charge in [0.15, 0.2) is 11.3 Å². The van der Waals surface area contributed by atoms with E-state index in [1.807, 2.05) is 0 Å². The van der Waals surface area contributed by atoms with Gasteiger partial charge in [0.1, 0.15) is 5.82 Å². The SMILES string of the molecule is Cc1ccc(NC(=O)Cc2c(C)c3ccc(O)c(O)c3oc2=O)cc1F. The van der Waals surface area contributed by atoms with Crippen molar-refractivity contribution in [3.05, 3.63) is 63.3 Å². The monoisotopic (exact) mass is 357 g/mol. The van der Waals surface area contributed by atoms with E-state index < -0.39 is 28.8 Å². The van der Waals surface area contributed by atoms with Crippen molar-refractivity contribution in [2.45, 2.75) is 20.3 Å². The van der Waals surface area contributed by atoms with Crippen LogP contribution in [0.25, 0.3) is 11.0 Å². The lowest BCUT2D eigenvalue weighted by atomic mass is 10.0. The van der Waals surface area contributed by atoms with Crippen molar-refractivity contribution in [2.24, 2.45) is 0 Å². The second-order valence-electron chi connectivity index (χ2n) is 5.99. The molecule has 0 aliphatic carbocycles. The molecule has 0 aliphatic rings. The number of anilines is 1. The van der Waals surface area contributed by atoms with Crippen molar-refractivity contribution in [3.63, 3.8) is 0 Å². The van der Waals surface area contributed by atoms with Crippen molar-refractivity contribution in [2.75, 3.05) is 5.32 Å². The molecule has 26 heavy (non-hydrogen) atoms. The highest BCUT2D eigenvalue weighted by molar-refractivity contribution is 5.94. The first kappa shape index (κ1) is 17.5. The van der Waals surface area contributed by atoms with Gasteiger partial charge < -0.3 is 19.9 Å². The maximum Gasteiger partial charge on any atom is 0.340 e. The Bertz CT molecular complexity index is 1090.